The van der Waals surface area contributed by atoms with Crippen LogP contribution in [0.1, 0.15) is 17.5 Å². The van der Waals surface area contributed by atoms with E-state index >= 15 is 0 Å². The van der Waals surface area contributed by atoms with Gasteiger partial charge in [-0.15, -0.1) is 11.8 Å². The average molecular weight is 297 g/mol. The molecule has 0 heterocycles. The molecule has 112 valence electrons. The number of rotatable bonds is 9. The number of carbonyl (C=O) groups is 1. The number of hydrogen-bond acceptors (Lipinski definition) is 5. The summed E-state index contributed by atoms with van der Waals surface area (Å²) < 4.78 is 9.62. The first-order valence-corrected chi connectivity index (χ1v) is 7.64. The summed E-state index contributed by atoms with van der Waals surface area (Å²) in [5, 5.41) is 3.34. The highest BCUT2D eigenvalue weighted by atomic mass is 32.2. The molecule has 0 atom stereocenters. The van der Waals surface area contributed by atoms with Crippen LogP contribution in [-0.2, 0) is 20.8 Å². The van der Waals surface area contributed by atoms with Gasteiger partial charge in [0.05, 0.1) is 20.1 Å². The Morgan fingerprint density at radius 2 is 2.15 bits per heavy atom. The van der Waals surface area contributed by atoms with Gasteiger partial charge in [0, 0.05) is 30.8 Å². The maximum atomic E-state index is 11.0. The van der Waals surface area contributed by atoms with Crippen LogP contribution in [0.3, 0.4) is 0 Å². The van der Waals surface area contributed by atoms with Crippen LogP contribution in [0.2, 0.25) is 0 Å². The predicted octanol–water partition coefficient (Wildman–Crippen LogP) is 2.39. The minimum Gasteiger partial charge on any atom is -0.469 e. The van der Waals surface area contributed by atoms with Gasteiger partial charge in [0.15, 0.2) is 0 Å². The third-order valence-corrected chi connectivity index (χ3v) is 3.91. The number of benzene rings is 1. The summed E-state index contributed by atoms with van der Waals surface area (Å²) in [6.07, 6.45) is 0.445. The molecule has 0 radical (unpaired) electrons. The Labute approximate surface area is 125 Å². The molecule has 0 aliphatic rings. The van der Waals surface area contributed by atoms with Gasteiger partial charge < -0.3 is 14.8 Å². The fraction of sp³-hybridized carbons (Fsp3) is 0.533. The van der Waals surface area contributed by atoms with Crippen molar-refractivity contribution in [3.05, 3.63) is 29.3 Å². The largest absolute Gasteiger partial charge is 0.469 e. The van der Waals surface area contributed by atoms with E-state index in [-0.39, 0.29) is 5.97 Å². The van der Waals surface area contributed by atoms with Crippen molar-refractivity contribution in [3.8, 4) is 0 Å². The number of thioether (sulfide) groups is 1. The lowest BCUT2D eigenvalue weighted by Gasteiger charge is -2.09. The molecule has 0 aromatic heterocycles. The van der Waals surface area contributed by atoms with Gasteiger partial charge in [-0.2, -0.15) is 0 Å². The first-order valence-electron chi connectivity index (χ1n) is 6.66. The van der Waals surface area contributed by atoms with E-state index in [2.05, 4.69) is 35.2 Å². The highest BCUT2D eigenvalue weighted by Gasteiger charge is 2.03. The first kappa shape index (κ1) is 17.0. The predicted molar refractivity (Wildman–Crippen MR) is 82.1 cm³/mol. The van der Waals surface area contributed by atoms with Gasteiger partial charge in [0.1, 0.15) is 0 Å². The Balaban J connectivity index is 2.40. The Bertz CT molecular complexity index is 424. The van der Waals surface area contributed by atoms with Gasteiger partial charge in [-0.3, -0.25) is 4.79 Å². The lowest BCUT2D eigenvalue weighted by molar-refractivity contribution is -0.140. The summed E-state index contributed by atoms with van der Waals surface area (Å²) in [5.41, 5.74) is 2.55. The van der Waals surface area contributed by atoms with E-state index < -0.39 is 0 Å². The Kier molecular flexibility index (Phi) is 8.34. The fourth-order valence-corrected chi connectivity index (χ4v) is 2.64. The van der Waals surface area contributed by atoms with Gasteiger partial charge in [0.2, 0.25) is 0 Å². The van der Waals surface area contributed by atoms with Crippen LogP contribution >= 0.6 is 11.8 Å². The zero-order valence-corrected chi connectivity index (χ0v) is 13.2. The SMILES string of the molecule is COCCNCc1ccc(SCCC(=O)OC)cc1C. The number of esters is 1. The molecule has 0 amide bonds. The summed E-state index contributed by atoms with van der Waals surface area (Å²) in [7, 11) is 3.12. The minimum absolute atomic E-state index is 0.159. The summed E-state index contributed by atoms with van der Waals surface area (Å²) in [5.74, 6) is 0.588. The van der Waals surface area contributed by atoms with Gasteiger partial charge in [-0.05, 0) is 30.2 Å². The van der Waals surface area contributed by atoms with Crippen LogP contribution in [0.25, 0.3) is 0 Å². The van der Waals surface area contributed by atoms with Crippen molar-refractivity contribution in [2.45, 2.75) is 24.8 Å². The standard InChI is InChI=1S/C15H23NO3S/c1-12-10-14(20-9-6-15(17)19-3)5-4-13(12)11-16-7-8-18-2/h4-5,10,16H,6-9,11H2,1-3H3. The Morgan fingerprint density at radius 3 is 2.80 bits per heavy atom. The molecular formula is C15H23NO3S. The average Bonchev–Trinajstić information content (AvgIpc) is 2.45. The van der Waals surface area contributed by atoms with E-state index in [1.54, 1.807) is 18.9 Å². The molecule has 4 nitrogen and oxygen atoms in total. The van der Waals surface area contributed by atoms with Crippen molar-refractivity contribution in [3.63, 3.8) is 0 Å². The molecule has 20 heavy (non-hydrogen) atoms. The lowest BCUT2D eigenvalue weighted by Crippen LogP contribution is -2.19. The van der Waals surface area contributed by atoms with Gasteiger partial charge in [0.25, 0.3) is 0 Å². The van der Waals surface area contributed by atoms with Crippen molar-refractivity contribution < 1.29 is 14.3 Å². The third kappa shape index (κ3) is 6.41. The summed E-state index contributed by atoms with van der Waals surface area (Å²) in [4.78, 5) is 12.2. The number of nitrogens with one attached hydrogen (secondary N) is 1. The number of aryl methyl sites for hydroxylation is 1. The van der Waals surface area contributed by atoms with Crippen LogP contribution in [0.4, 0.5) is 0 Å². The van der Waals surface area contributed by atoms with E-state index in [1.165, 1.54) is 23.1 Å². The molecule has 0 fully saturated rings. The number of methoxy groups -OCH3 is 2. The number of carbonyl (C=O) groups excluding carboxylic acids is 1. The van der Waals surface area contributed by atoms with Crippen molar-refractivity contribution in [1.82, 2.24) is 5.32 Å². The molecule has 0 aliphatic heterocycles. The van der Waals surface area contributed by atoms with Crippen molar-refractivity contribution in [2.24, 2.45) is 0 Å². The normalized spacial score (nSPS) is 10.6. The highest BCUT2D eigenvalue weighted by Crippen LogP contribution is 2.22. The van der Waals surface area contributed by atoms with E-state index in [1.807, 2.05) is 0 Å². The molecule has 1 rings (SSSR count). The van der Waals surface area contributed by atoms with Crippen LogP contribution in [0.5, 0.6) is 0 Å². The molecule has 0 bridgehead atoms. The highest BCUT2D eigenvalue weighted by molar-refractivity contribution is 7.99. The Hall–Kier alpha value is -1.04. The molecular weight excluding hydrogens is 274 g/mol. The van der Waals surface area contributed by atoms with Gasteiger partial charge in [-0.1, -0.05) is 6.07 Å². The monoisotopic (exact) mass is 297 g/mol. The van der Waals surface area contributed by atoms with Crippen molar-refractivity contribution in [1.29, 1.82) is 0 Å². The fourth-order valence-electron chi connectivity index (χ4n) is 1.71. The number of hydrogen-bond donors (Lipinski definition) is 1. The molecule has 0 saturated heterocycles. The zero-order valence-electron chi connectivity index (χ0n) is 12.4. The number of ether oxygens (including phenoxy) is 2. The minimum atomic E-state index is -0.159. The molecule has 5 heteroatoms. The third-order valence-electron chi connectivity index (χ3n) is 2.92. The van der Waals surface area contributed by atoms with Gasteiger partial charge >= 0.3 is 5.97 Å². The van der Waals surface area contributed by atoms with Crippen LogP contribution in [-0.4, -0.2) is 39.1 Å². The van der Waals surface area contributed by atoms with Crippen molar-refractivity contribution >= 4 is 17.7 Å². The van der Waals surface area contributed by atoms with E-state index in [4.69, 9.17) is 4.74 Å². The van der Waals surface area contributed by atoms with E-state index in [9.17, 15) is 4.79 Å². The summed E-state index contributed by atoms with van der Waals surface area (Å²) in [6.45, 7) is 4.53. The van der Waals surface area contributed by atoms with Crippen LogP contribution in [0, 0.1) is 6.92 Å². The molecule has 0 unspecified atom stereocenters. The molecule has 0 saturated carbocycles. The van der Waals surface area contributed by atoms with E-state index in [0.29, 0.717) is 6.42 Å². The molecule has 0 aliphatic carbocycles. The summed E-state index contributed by atoms with van der Waals surface area (Å²) >= 11 is 1.68. The zero-order chi connectivity index (χ0) is 14.8. The Morgan fingerprint density at radius 1 is 1.35 bits per heavy atom. The molecule has 1 aromatic carbocycles. The second-order valence-electron chi connectivity index (χ2n) is 4.43. The second kappa shape index (κ2) is 9.80. The topological polar surface area (TPSA) is 47.6 Å². The summed E-state index contributed by atoms with van der Waals surface area (Å²) in [6, 6.07) is 6.40. The maximum Gasteiger partial charge on any atom is 0.306 e. The smallest absolute Gasteiger partial charge is 0.306 e. The maximum absolute atomic E-state index is 11.0. The molecule has 1 aromatic rings. The van der Waals surface area contributed by atoms with Crippen LogP contribution < -0.4 is 5.32 Å². The molecule has 1 N–H and O–H groups in total. The van der Waals surface area contributed by atoms with Gasteiger partial charge in [-0.25, -0.2) is 0 Å². The van der Waals surface area contributed by atoms with Crippen molar-refractivity contribution in [2.75, 3.05) is 33.1 Å². The van der Waals surface area contributed by atoms with E-state index in [0.717, 1.165) is 25.4 Å². The molecule has 0 spiro atoms. The quantitative estimate of drug-likeness (QED) is 0.431. The lowest BCUT2D eigenvalue weighted by atomic mass is 10.1. The second-order valence-corrected chi connectivity index (χ2v) is 5.60. The first-order chi connectivity index (χ1) is 9.67. The van der Waals surface area contributed by atoms with Crippen LogP contribution in [0.15, 0.2) is 23.1 Å².